The van der Waals surface area contributed by atoms with Crippen LogP contribution >= 0.6 is 23.2 Å². The van der Waals surface area contributed by atoms with Gasteiger partial charge in [0.25, 0.3) is 5.91 Å². The topological polar surface area (TPSA) is 102 Å². The Morgan fingerprint density at radius 3 is 2.43 bits per heavy atom. The van der Waals surface area contributed by atoms with Crippen LogP contribution in [0, 0.1) is 6.92 Å². The highest BCUT2D eigenvalue weighted by molar-refractivity contribution is 7.89. The summed E-state index contributed by atoms with van der Waals surface area (Å²) in [6.07, 6.45) is -0.226. The molecule has 28 heavy (non-hydrogen) atoms. The second kappa shape index (κ2) is 9.88. The van der Waals surface area contributed by atoms with E-state index in [1.54, 1.807) is 30.3 Å². The number of rotatable bonds is 8. The van der Waals surface area contributed by atoms with Crippen LogP contribution in [-0.4, -0.2) is 33.4 Å². The maximum Gasteiger partial charge on any atom is 0.307 e. The Morgan fingerprint density at radius 2 is 1.75 bits per heavy atom. The van der Waals surface area contributed by atoms with E-state index in [9.17, 15) is 18.0 Å². The monoisotopic (exact) mass is 444 g/mol. The molecule has 2 rings (SSSR count). The average molecular weight is 445 g/mol. The minimum Gasteiger partial charge on any atom is -0.456 e. The first-order valence-corrected chi connectivity index (χ1v) is 10.4. The fourth-order valence-electron chi connectivity index (χ4n) is 2.09. The summed E-state index contributed by atoms with van der Waals surface area (Å²) in [6, 6.07) is 11.0. The Hall–Kier alpha value is -2.13. The van der Waals surface area contributed by atoms with Crippen molar-refractivity contribution in [2.75, 3.05) is 18.5 Å². The molecule has 0 saturated heterocycles. The van der Waals surface area contributed by atoms with Crippen LogP contribution in [0.15, 0.2) is 47.4 Å². The van der Waals surface area contributed by atoms with Crippen molar-refractivity contribution < 1.29 is 22.7 Å². The third-order valence-electron chi connectivity index (χ3n) is 3.54. The molecule has 10 heteroatoms. The number of ether oxygens (including phenoxy) is 1. The van der Waals surface area contributed by atoms with Gasteiger partial charge in [0.1, 0.15) is 0 Å². The van der Waals surface area contributed by atoms with E-state index in [1.807, 2.05) is 6.92 Å². The summed E-state index contributed by atoms with van der Waals surface area (Å²) in [6.45, 7) is 1.15. The Morgan fingerprint density at radius 1 is 1.07 bits per heavy atom. The van der Waals surface area contributed by atoms with Gasteiger partial charge in [-0.15, -0.1) is 0 Å². The largest absolute Gasteiger partial charge is 0.456 e. The lowest BCUT2D eigenvalue weighted by Gasteiger charge is -2.09. The van der Waals surface area contributed by atoms with Crippen molar-refractivity contribution in [3.05, 3.63) is 58.1 Å². The summed E-state index contributed by atoms with van der Waals surface area (Å²) in [5, 5.41) is 2.92. The molecule has 0 aliphatic carbocycles. The van der Waals surface area contributed by atoms with Gasteiger partial charge in [0, 0.05) is 6.54 Å². The summed E-state index contributed by atoms with van der Waals surface area (Å²) >= 11 is 11.8. The molecule has 2 aromatic carbocycles. The van der Waals surface area contributed by atoms with Crippen LogP contribution in [0.25, 0.3) is 0 Å². The van der Waals surface area contributed by atoms with Gasteiger partial charge in [-0.3, -0.25) is 9.59 Å². The first kappa shape index (κ1) is 22.2. The number of hydrogen-bond acceptors (Lipinski definition) is 5. The van der Waals surface area contributed by atoms with E-state index in [0.29, 0.717) is 5.69 Å². The Kier molecular flexibility index (Phi) is 7.82. The number of carbonyl (C=O) groups excluding carboxylic acids is 2. The molecule has 150 valence electrons. The molecule has 0 aliphatic heterocycles. The van der Waals surface area contributed by atoms with E-state index in [0.717, 1.165) is 5.56 Å². The number of hydrogen-bond donors (Lipinski definition) is 2. The Bertz CT molecular complexity index is 962. The van der Waals surface area contributed by atoms with E-state index in [2.05, 4.69) is 10.0 Å². The Balaban J connectivity index is 1.76. The molecule has 1 amide bonds. The standard InChI is InChI=1S/C18H18Cl2N2O5S/c1-12-5-7-13(8-6-12)28(25,26)21-10-9-17(24)27-11-16(23)22-15-4-2-3-14(19)18(15)20/h2-8,21H,9-11H2,1H3,(H,22,23). The van der Waals surface area contributed by atoms with Gasteiger partial charge >= 0.3 is 5.97 Å². The van der Waals surface area contributed by atoms with E-state index < -0.39 is 28.5 Å². The van der Waals surface area contributed by atoms with E-state index in [4.69, 9.17) is 27.9 Å². The van der Waals surface area contributed by atoms with Gasteiger partial charge in [-0.25, -0.2) is 13.1 Å². The van der Waals surface area contributed by atoms with Gasteiger partial charge < -0.3 is 10.1 Å². The first-order valence-electron chi connectivity index (χ1n) is 8.15. The predicted octanol–water partition coefficient (Wildman–Crippen LogP) is 3.15. The molecule has 0 spiro atoms. The van der Waals surface area contributed by atoms with Gasteiger partial charge in [-0.2, -0.15) is 0 Å². The van der Waals surface area contributed by atoms with Crippen molar-refractivity contribution in [1.82, 2.24) is 4.72 Å². The SMILES string of the molecule is Cc1ccc(S(=O)(=O)NCCC(=O)OCC(=O)Nc2cccc(Cl)c2Cl)cc1. The maximum atomic E-state index is 12.1. The molecule has 7 nitrogen and oxygen atoms in total. The van der Waals surface area contributed by atoms with E-state index in [-0.39, 0.29) is 27.9 Å². The van der Waals surface area contributed by atoms with Gasteiger partial charge in [0.2, 0.25) is 10.0 Å². The van der Waals surface area contributed by atoms with Crippen molar-refractivity contribution in [1.29, 1.82) is 0 Å². The molecule has 0 saturated carbocycles. The smallest absolute Gasteiger partial charge is 0.307 e. The van der Waals surface area contributed by atoms with Gasteiger partial charge in [-0.1, -0.05) is 47.0 Å². The molecule has 0 heterocycles. The summed E-state index contributed by atoms with van der Waals surface area (Å²) < 4.78 is 31.3. The normalized spacial score (nSPS) is 11.1. The fraction of sp³-hybridized carbons (Fsp3) is 0.222. The van der Waals surface area contributed by atoms with Crippen LogP contribution < -0.4 is 10.0 Å². The van der Waals surface area contributed by atoms with Crippen molar-refractivity contribution in [3.63, 3.8) is 0 Å². The summed E-state index contributed by atoms with van der Waals surface area (Å²) in [7, 11) is -3.72. The molecule has 0 bridgehead atoms. The minimum atomic E-state index is -3.72. The van der Waals surface area contributed by atoms with Crippen LogP contribution in [0.4, 0.5) is 5.69 Å². The lowest BCUT2D eigenvalue weighted by molar-refractivity contribution is -0.147. The molecular weight excluding hydrogens is 427 g/mol. The number of nitrogens with one attached hydrogen (secondary N) is 2. The van der Waals surface area contributed by atoms with Gasteiger partial charge in [0.15, 0.2) is 6.61 Å². The summed E-state index contributed by atoms with van der Waals surface area (Å²) in [5.41, 5.74) is 1.22. The number of halogens is 2. The number of anilines is 1. The number of esters is 1. The van der Waals surface area contributed by atoms with Crippen molar-refractivity contribution in [3.8, 4) is 0 Å². The lowest BCUT2D eigenvalue weighted by atomic mass is 10.2. The van der Waals surface area contributed by atoms with Crippen molar-refractivity contribution in [2.24, 2.45) is 0 Å². The van der Waals surface area contributed by atoms with Crippen molar-refractivity contribution >= 4 is 50.8 Å². The number of sulfonamides is 1. The third kappa shape index (κ3) is 6.49. The van der Waals surface area contributed by atoms with Crippen LogP contribution in [0.3, 0.4) is 0 Å². The molecule has 0 fully saturated rings. The van der Waals surface area contributed by atoms with Gasteiger partial charge in [0.05, 0.1) is 27.0 Å². The average Bonchev–Trinajstić information content (AvgIpc) is 2.64. The zero-order valence-electron chi connectivity index (χ0n) is 14.9. The molecule has 0 aliphatic rings. The Labute approximate surface area is 173 Å². The zero-order chi connectivity index (χ0) is 20.7. The second-order valence-electron chi connectivity index (χ2n) is 5.77. The fourth-order valence-corrected chi connectivity index (χ4v) is 3.47. The van der Waals surface area contributed by atoms with Crippen LogP contribution in [0.1, 0.15) is 12.0 Å². The first-order chi connectivity index (χ1) is 13.2. The third-order valence-corrected chi connectivity index (χ3v) is 5.84. The van der Waals surface area contributed by atoms with Crippen LogP contribution in [0.5, 0.6) is 0 Å². The van der Waals surface area contributed by atoms with E-state index in [1.165, 1.54) is 12.1 Å². The van der Waals surface area contributed by atoms with Crippen LogP contribution in [-0.2, 0) is 24.3 Å². The molecule has 0 radical (unpaired) electrons. The number of carbonyl (C=O) groups is 2. The molecule has 0 aromatic heterocycles. The quantitative estimate of drug-likeness (QED) is 0.608. The number of benzene rings is 2. The molecule has 2 aromatic rings. The maximum absolute atomic E-state index is 12.1. The lowest BCUT2D eigenvalue weighted by Crippen LogP contribution is -2.28. The molecular formula is C18H18Cl2N2O5S. The molecule has 2 N–H and O–H groups in total. The van der Waals surface area contributed by atoms with Crippen LogP contribution in [0.2, 0.25) is 10.0 Å². The highest BCUT2D eigenvalue weighted by atomic mass is 35.5. The number of amides is 1. The van der Waals surface area contributed by atoms with Gasteiger partial charge in [-0.05, 0) is 31.2 Å². The summed E-state index contributed by atoms with van der Waals surface area (Å²) in [5.74, 6) is -1.32. The molecule has 0 atom stereocenters. The zero-order valence-corrected chi connectivity index (χ0v) is 17.2. The van der Waals surface area contributed by atoms with Crippen molar-refractivity contribution in [2.45, 2.75) is 18.2 Å². The molecule has 0 unspecified atom stereocenters. The highest BCUT2D eigenvalue weighted by Crippen LogP contribution is 2.29. The highest BCUT2D eigenvalue weighted by Gasteiger charge is 2.15. The minimum absolute atomic E-state index is 0.101. The second-order valence-corrected chi connectivity index (χ2v) is 8.32. The predicted molar refractivity (Wildman–Crippen MR) is 107 cm³/mol. The number of aryl methyl sites for hydroxylation is 1. The van der Waals surface area contributed by atoms with E-state index >= 15 is 0 Å². The summed E-state index contributed by atoms with van der Waals surface area (Å²) in [4.78, 5) is 23.6.